The molecule has 0 saturated carbocycles. The van der Waals surface area contributed by atoms with Crippen LogP contribution in [0.5, 0.6) is 0 Å². The van der Waals surface area contributed by atoms with E-state index < -0.39 is 23.8 Å². The van der Waals surface area contributed by atoms with Gasteiger partial charge in [0.15, 0.2) is 0 Å². The van der Waals surface area contributed by atoms with E-state index in [1.54, 1.807) is 18.2 Å². The standard InChI is InChI=1S/C18H21N3O5/c1-2-8-26-9-7-19-11-3-4-12-13(10-11)18(25)21(17(12)24)14-5-6-15(22)20-16(14)23/h3-4,10,14,19H,2,5-9H2,1H3,(H,20,22,23). The minimum absolute atomic E-state index is 0.106. The molecule has 2 N–H and O–H groups in total. The van der Waals surface area contributed by atoms with Crippen molar-refractivity contribution < 1.29 is 23.9 Å². The number of hydrogen-bond donors (Lipinski definition) is 2. The maximum Gasteiger partial charge on any atom is 0.262 e. The number of benzene rings is 1. The lowest BCUT2D eigenvalue weighted by atomic mass is 10.0. The first-order chi connectivity index (χ1) is 12.5. The van der Waals surface area contributed by atoms with Gasteiger partial charge in [-0.1, -0.05) is 6.92 Å². The lowest BCUT2D eigenvalue weighted by Gasteiger charge is -2.27. The van der Waals surface area contributed by atoms with Crippen molar-refractivity contribution in [3.05, 3.63) is 29.3 Å². The monoisotopic (exact) mass is 359 g/mol. The summed E-state index contributed by atoms with van der Waals surface area (Å²) in [5.74, 6) is -2.01. The van der Waals surface area contributed by atoms with E-state index >= 15 is 0 Å². The van der Waals surface area contributed by atoms with Crippen LogP contribution in [0, 0.1) is 0 Å². The Hall–Kier alpha value is -2.74. The highest BCUT2D eigenvalue weighted by Gasteiger charge is 2.44. The van der Waals surface area contributed by atoms with Crippen molar-refractivity contribution in [3.8, 4) is 0 Å². The first kappa shape index (κ1) is 18.1. The third-order valence-corrected chi connectivity index (χ3v) is 4.36. The zero-order valence-corrected chi connectivity index (χ0v) is 14.5. The summed E-state index contributed by atoms with van der Waals surface area (Å²) in [6.07, 6.45) is 1.20. The molecule has 8 nitrogen and oxygen atoms in total. The van der Waals surface area contributed by atoms with Gasteiger partial charge >= 0.3 is 0 Å². The van der Waals surface area contributed by atoms with Gasteiger partial charge in [0, 0.05) is 25.3 Å². The topological polar surface area (TPSA) is 105 Å². The van der Waals surface area contributed by atoms with Gasteiger partial charge in [0.1, 0.15) is 6.04 Å². The van der Waals surface area contributed by atoms with Gasteiger partial charge in [0.05, 0.1) is 17.7 Å². The maximum atomic E-state index is 12.7. The second kappa shape index (κ2) is 7.65. The number of hydrogen-bond acceptors (Lipinski definition) is 6. The van der Waals surface area contributed by atoms with Crippen molar-refractivity contribution in [1.82, 2.24) is 10.2 Å². The summed E-state index contributed by atoms with van der Waals surface area (Å²) >= 11 is 0. The number of amides is 4. The molecule has 1 atom stereocenters. The molecular formula is C18H21N3O5. The number of piperidine rings is 1. The van der Waals surface area contributed by atoms with Crippen LogP contribution in [-0.4, -0.2) is 54.3 Å². The fourth-order valence-corrected chi connectivity index (χ4v) is 3.09. The minimum Gasteiger partial charge on any atom is -0.383 e. The van der Waals surface area contributed by atoms with Crippen LogP contribution in [0.2, 0.25) is 0 Å². The Kier molecular flexibility index (Phi) is 5.32. The summed E-state index contributed by atoms with van der Waals surface area (Å²) < 4.78 is 5.39. The SMILES string of the molecule is CCCOCCNc1ccc2c(c1)C(=O)N(C1CCC(=O)NC1=O)C2=O. The average Bonchev–Trinajstić information content (AvgIpc) is 2.86. The van der Waals surface area contributed by atoms with Crippen molar-refractivity contribution in [2.75, 3.05) is 25.1 Å². The molecule has 4 amide bonds. The quantitative estimate of drug-likeness (QED) is 0.554. The Morgan fingerprint density at radius 1 is 1.15 bits per heavy atom. The number of fused-ring (bicyclic) bond motifs is 1. The van der Waals surface area contributed by atoms with Gasteiger partial charge in [-0.05, 0) is 31.0 Å². The smallest absolute Gasteiger partial charge is 0.262 e. The number of carbonyl (C=O) groups is 4. The van der Waals surface area contributed by atoms with E-state index in [4.69, 9.17) is 4.74 Å². The number of ether oxygens (including phenoxy) is 1. The lowest BCUT2D eigenvalue weighted by molar-refractivity contribution is -0.136. The average molecular weight is 359 g/mol. The molecule has 2 heterocycles. The van der Waals surface area contributed by atoms with E-state index in [-0.39, 0.29) is 29.9 Å². The Morgan fingerprint density at radius 3 is 2.65 bits per heavy atom. The van der Waals surface area contributed by atoms with E-state index in [1.165, 1.54) is 0 Å². The number of rotatable bonds is 7. The van der Waals surface area contributed by atoms with Crippen molar-refractivity contribution >= 4 is 29.3 Å². The summed E-state index contributed by atoms with van der Waals surface area (Å²) in [7, 11) is 0. The molecular weight excluding hydrogens is 338 g/mol. The normalized spacial score (nSPS) is 19.6. The van der Waals surface area contributed by atoms with E-state index in [1.807, 2.05) is 6.92 Å². The Morgan fingerprint density at radius 2 is 1.92 bits per heavy atom. The van der Waals surface area contributed by atoms with E-state index in [0.29, 0.717) is 25.4 Å². The Bertz CT molecular complexity index is 761. The summed E-state index contributed by atoms with van der Waals surface area (Å²) in [5, 5.41) is 5.33. The van der Waals surface area contributed by atoms with Crippen molar-refractivity contribution in [2.45, 2.75) is 32.2 Å². The summed E-state index contributed by atoms with van der Waals surface area (Å²) in [4.78, 5) is 49.5. The molecule has 3 rings (SSSR count). The largest absolute Gasteiger partial charge is 0.383 e. The Balaban J connectivity index is 1.71. The van der Waals surface area contributed by atoms with Crippen LogP contribution in [0.3, 0.4) is 0 Å². The minimum atomic E-state index is -0.945. The molecule has 8 heteroatoms. The van der Waals surface area contributed by atoms with Crippen LogP contribution < -0.4 is 10.6 Å². The molecule has 1 aromatic rings. The fraction of sp³-hybridized carbons (Fsp3) is 0.444. The molecule has 0 bridgehead atoms. The molecule has 2 aliphatic heterocycles. The fourth-order valence-electron chi connectivity index (χ4n) is 3.09. The zero-order valence-electron chi connectivity index (χ0n) is 14.5. The number of nitrogens with one attached hydrogen (secondary N) is 2. The van der Waals surface area contributed by atoms with Crippen molar-refractivity contribution in [2.24, 2.45) is 0 Å². The maximum absolute atomic E-state index is 12.7. The van der Waals surface area contributed by atoms with E-state index in [2.05, 4.69) is 10.6 Å². The van der Waals surface area contributed by atoms with Crippen LogP contribution in [0.25, 0.3) is 0 Å². The molecule has 0 spiro atoms. The third kappa shape index (κ3) is 3.45. The van der Waals surface area contributed by atoms with Gasteiger partial charge in [-0.25, -0.2) is 0 Å². The van der Waals surface area contributed by atoms with Gasteiger partial charge in [0.25, 0.3) is 11.8 Å². The highest BCUT2D eigenvalue weighted by atomic mass is 16.5. The number of nitrogens with zero attached hydrogens (tertiary/aromatic N) is 1. The first-order valence-electron chi connectivity index (χ1n) is 8.70. The van der Waals surface area contributed by atoms with Crippen LogP contribution in [0.15, 0.2) is 18.2 Å². The summed E-state index contributed by atoms with van der Waals surface area (Å²) in [6, 6.07) is 3.97. The lowest BCUT2D eigenvalue weighted by Crippen LogP contribution is -2.54. The van der Waals surface area contributed by atoms with Crippen molar-refractivity contribution in [1.29, 1.82) is 0 Å². The molecule has 138 valence electrons. The highest BCUT2D eigenvalue weighted by Crippen LogP contribution is 2.29. The number of imide groups is 2. The molecule has 0 aliphatic carbocycles. The molecule has 2 aliphatic rings. The molecule has 1 saturated heterocycles. The Labute approximate surface area is 150 Å². The van der Waals surface area contributed by atoms with Gasteiger partial charge in [-0.15, -0.1) is 0 Å². The van der Waals surface area contributed by atoms with Crippen LogP contribution in [0.1, 0.15) is 46.9 Å². The second-order valence-corrected chi connectivity index (χ2v) is 6.25. The van der Waals surface area contributed by atoms with Crippen molar-refractivity contribution in [3.63, 3.8) is 0 Å². The van der Waals surface area contributed by atoms with Gasteiger partial charge < -0.3 is 10.1 Å². The second-order valence-electron chi connectivity index (χ2n) is 6.25. The van der Waals surface area contributed by atoms with Gasteiger partial charge in [-0.3, -0.25) is 29.4 Å². The van der Waals surface area contributed by atoms with Crippen LogP contribution >= 0.6 is 0 Å². The molecule has 1 unspecified atom stereocenters. The van der Waals surface area contributed by atoms with Crippen LogP contribution in [-0.2, 0) is 14.3 Å². The van der Waals surface area contributed by atoms with Crippen LogP contribution in [0.4, 0.5) is 5.69 Å². The molecule has 0 radical (unpaired) electrons. The highest BCUT2D eigenvalue weighted by molar-refractivity contribution is 6.23. The summed E-state index contributed by atoms with van der Waals surface area (Å²) in [6.45, 7) is 3.85. The predicted molar refractivity (Wildman–Crippen MR) is 92.7 cm³/mol. The third-order valence-electron chi connectivity index (χ3n) is 4.36. The molecule has 1 aromatic carbocycles. The molecule has 0 aromatic heterocycles. The van der Waals surface area contributed by atoms with E-state index in [9.17, 15) is 19.2 Å². The number of carbonyl (C=O) groups excluding carboxylic acids is 4. The van der Waals surface area contributed by atoms with Gasteiger partial charge in [0.2, 0.25) is 11.8 Å². The molecule has 1 fully saturated rings. The zero-order chi connectivity index (χ0) is 18.7. The number of anilines is 1. The van der Waals surface area contributed by atoms with E-state index in [0.717, 1.165) is 11.3 Å². The van der Waals surface area contributed by atoms with Gasteiger partial charge in [-0.2, -0.15) is 0 Å². The predicted octanol–water partition coefficient (Wildman–Crippen LogP) is 0.926. The summed E-state index contributed by atoms with van der Waals surface area (Å²) in [5.41, 5.74) is 1.24. The first-order valence-corrected chi connectivity index (χ1v) is 8.70. The molecule has 26 heavy (non-hydrogen) atoms.